The van der Waals surface area contributed by atoms with E-state index in [0.29, 0.717) is 11.2 Å². The first-order valence-electron chi connectivity index (χ1n) is 10.6. The summed E-state index contributed by atoms with van der Waals surface area (Å²) in [5, 5.41) is 14.1. The number of hydrogen-bond acceptors (Lipinski definition) is 5. The molecule has 158 valence electrons. The Hall–Kier alpha value is -2.15. The average molecular weight is 402 g/mol. The summed E-state index contributed by atoms with van der Waals surface area (Å²) in [4.78, 5) is 25.9. The van der Waals surface area contributed by atoms with Gasteiger partial charge in [0.2, 0.25) is 5.91 Å². The maximum atomic E-state index is 12.9. The summed E-state index contributed by atoms with van der Waals surface area (Å²) in [6.07, 6.45) is 8.09. The van der Waals surface area contributed by atoms with E-state index >= 15 is 0 Å². The van der Waals surface area contributed by atoms with E-state index in [4.69, 9.17) is 4.74 Å². The number of nitro groups is 1. The van der Waals surface area contributed by atoms with Crippen molar-refractivity contribution >= 4 is 17.3 Å². The highest BCUT2D eigenvalue weighted by Crippen LogP contribution is 2.60. The summed E-state index contributed by atoms with van der Waals surface area (Å²) in [6, 6.07) is 4.12. The number of benzene rings is 1. The van der Waals surface area contributed by atoms with Gasteiger partial charge in [0, 0.05) is 6.54 Å². The molecule has 0 spiro atoms. The predicted octanol–water partition coefficient (Wildman–Crippen LogP) is 4.08. The minimum atomic E-state index is -0.498. The van der Waals surface area contributed by atoms with E-state index < -0.39 is 4.92 Å². The smallest absolute Gasteiger partial charge is 0.296 e. The quantitative estimate of drug-likeness (QED) is 0.550. The van der Waals surface area contributed by atoms with Crippen LogP contribution in [0.15, 0.2) is 18.2 Å². The van der Waals surface area contributed by atoms with E-state index in [1.165, 1.54) is 57.8 Å². The molecule has 0 aromatic heterocycles. The molecule has 29 heavy (non-hydrogen) atoms. The van der Waals surface area contributed by atoms with Crippen LogP contribution in [-0.4, -0.2) is 42.5 Å². The van der Waals surface area contributed by atoms with Crippen LogP contribution in [0.1, 0.15) is 45.4 Å². The van der Waals surface area contributed by atoms with Crippen LogP contribution in [0.4, 0.5) is 11.4 Å². The van der Waals surface area contributed by atoms with Gasteiger partial charge in [0.25, 0.3) is 5.69 Å². The van der Waals surface area contributed by atoms with Gasteiger partial charge in [0.1, 0.15) is 11.4 Å². The van der Waals surface area contributed by atoms with Crippen LogP contribution >= 0.6 is 0 Å². The fourth-order valence-electron chi connectivity index (χ4n) is 6.48. The topological polar surface area (TPSA) is 84.7 Å². The van der Waals surface area contributed by atoms with Crippen molar-refractivity contribution in [2.24, 2.45) is 23.2 Å². The van der Waals surface area contributed by atoms with Gasteiger partial charge in [-0.1, -0.05) is 0 Å². The van der Waals surface area contributed by atoms with E-state index in [2.05, 4.69) is 10.2 Å². The zero-order valence-electron chi connectivity index (χ0n) is 17.5. The SMILES string of the molecule is COc1ccc(NC(=O)C(C)N(C)CC23CC4CC(CC(C4)C2)C3)c([N+](=O)[O-])c1. The Balaban J connectivity index is 1.42. The number of nitrogens with zero attached hydrogens (tertiary/aromatic N) is 2. The molecule has 0 heterocycles. The van der Waals surface area contributed by atoms with E-state index in [1.54, 1.807) is 6.07 Å². The first kappa shape index (κ1) is 20.1. The van der Waals surface area contributed by atoms with Crippen LogP contribution in [0.25, 0.3) is 0 Å². The fraction of sp³-hybridized carbons (Fsp3) is 0.682. The molecule has 0 aliphatic heterocycles. The predicted molar refractivity (Wildman–Crippen MR) is 111 cm³/mol. The number of carbonyl (C=O) groups excluding carboxylic acids is 1. The fourth-order valence-corrected chi connectivity index (χ4v) is 6.48. The van der Waals surface area contributed by atoms with E-state index in [9.17, 15) is 14.9 Å². The lowest BCUT2D eigenvalue weighted by Crippen LogP contribution is -2.53. The minimum absolute atomic E-state index is 0.159. The van der Waals surface area contributed by atoms with E-state index in [-0.39, 0.29) is 23.3 Å². The van der Waals surface area contributed by atoms with Gasteiger partial charge in [-0.3, -0.25) is 19.8 Å². The summed E-state index contributed by atoms with van der Waals surface area (Å²) in [5.41, 5.74) is 0.397. The molecule has 1 N–H and O–H groups in total. The number of amides is 1. The maximum Gasteiger partial charge on any atom is 0.296 e. The Morgan fingerprint density at radius 1 is 1.28 bits per heavy atom. The second-order valence-corrected chi connectivity index (χ2v) is 9.64. The highest BCUT2D eigenvalue weighted by Gasteiger charge is 2.51. The number of carbonyl (C=O) groups is 1. The van der Waals surface area contributed by atoms with Crippen molar-refractivity contribution in [2.75, 3.05) is 26.0 Å². The molecule has 1 aromatic rings. The summed E-state index contributed by atoms with van der Waals surface area (Å²) in [6.45, 7) is 2.81. The van der Waals surface area contributed by atoms with Crippen LogP contribution in [0, 0.1) is 33.3 Å². The number of likely N-dealkylation sites (N-methyl/N-ethyl adjacent to an activating group) is 1. The van der Waals surface area contributed by atoms with Gasteiger partial charge in [-0.2, -0.15) is 0 Å². The van der Waals surface area contributed by atoms with Crippen molar-refractivity contribution in [2.45, 2.75) is 51.5 Å². The molecule has 7 heteroatoms. The molecule has 0 radical (unpaired) electrons. The summed E-state index contributed by atoms with van der Waals surface area (Å²) in [5.74, 6) is 2.80. The van der Waals surface area contributed by atoms with Crippen molar-refractivity contribution in [3.63, 3.8) is 0 Å². The number of anilines is 1. The zero-order valence-corrected chi connectivity index (χ0v) is 17.5. The lowest BCUT2D eigenvalue weighted by molar-refractivity contribution is -0.384. The highest BCUT2D eigenvalue weighted by molar-refractivity contribution is 5.96. The Morgan fingerprint density at radius 2 is 1.86 bits per heavy atom. The molecule has 4 bridgehead atoms. The molecule has 5 rings (SSSR count). The molecule has 0 saturated heterocycles. The first-order chi connectivity index (χ1) is 13.8. The van der Waals surface area contributed by atoms with E-state index in [0.717, 1.165) is 24.3 Å². The lowest BCUT2D eigenvalue weighted by atomic mass is 9.49. The molecule has 4 fully saturated rings. The minimum Gasteiger partial charge on any atom is -0.496 e. The number of ether oxygens (including phenoxy) is 1. The summed E-state index contributed by atoms with van der Waals surface area (Å²) < 4.78 is 5.06. The van der Waals surface area contributed by atoms with Gasteiger partial charge < -0.3 is 10.1 Å². The third-order valence-electron chi connectivity index (χ3n) is 7.45. The summed E-state index contributed by atoms with van der Waals surface area (Å²) >= 11 is 0. The highest BCUT2D eigenvalue weighted by atomic mass is 16.6. The second kappa shape index (κ2) is 7.59. The van der Waals surface area contributed by atoms with Crippen LogP contribution < -0.4 is 10.1 Å². The van der Waals surface area contributed by atoms with Crippen molar-refractivity contribution < 1.29 is 14.5 Å². The molecule has 4 saturated carbocycles. The number of nitro benzene ring substituents is 1. The van der Waals surface area contributed by atoms with Crippen molar-refractivity contribution in [1.82, 2.24) is 4.90 Å². The molecule has 7 nitrogen and oxygen atoms in total. The van der Waals surface area contributed by atoms with Gasteiger partial charge in [0.15, 0.2) is 0 Å². The molecule has 1 unspecified atom stereocenters. The zero-order chi connectivity index (χ0) is 20.8. The van der Waals surface area contributed by atoms with Crippen LogP contribution in [0.5, 0.6) is 5.75 Å². The van der Waals surface area contributed by atoms with Gasteiger partial charge >= 0.3 is 0 Å². The largest absolute Gasteiger partial charge is 0.496 e. The molecule has 1 amide bonds. The molecule has 4 aliphatic carbocycles. The third-order valence-corrected chi connectivity index (χ3v) is 7.45. The van der Waals surface area contributed by atoms with Gasteiger partial charge in [-0.05, 0) is 87.8 Å². The van der Waals surface area contributed by atoms with Crippen molar-refractivity contribution in [3.8, 4) is 5.75 Å². The van der Waals surface area contributed by atoms with Crippen molar-refractivity contribution in [1.29, 1.82) is 0 Å². The van der Waals surface area contributed by atoms with E-state index in [1.807, 2.05) is 14.0 Å². The molecular formula is C22H31N3O4. The average Bonchev–Trinajstić information content (AvgIpc) is 2.65. The maximum absolute atomic E-state index is 12.9. The molecule has 1 aromatic carbocycles. The second-order valence-electron chi connectivity index (χ2n) is 9.64. The van der Waals surface area contributed by atoms with Gasteiger partial charge in [-0.25, -0.2) is 0 Å². The Labute approximate surface area is 171 Å². The Bertz CT molecular complexity index is 774. The van der Waals surface area contributed by atoms with Crippen LogP contribution in [-0.2, 0) is 4.79 Å². The monoisotopic (exact) mass is 401 g/mol. The molecule has 1 atom stereocenters. The van der Waals surface area contributed by atoms with Gasteiger partial charge in [-0.15, -0.1) is 0 Å². The van der Waals surface area contributed by atoms with Crippen LogP contribution in [0.3, 0.4) is 0 Å². The number of hydrogen-bond donors (Lipinski definition) is 1. The molecule has 4 aliphatic rings. The van der Waals surface area contributed by atoms with Crippen LogP contribution in [0.2, 0.25) is 0 Å². The van der Waals surface area contributed by atoms with Gasteiger partial charge in [0.05, 0.1) is 24.1 Å². The summed E-state index contributed by atoms with van der Waals surface area (Å²) in [7, 11) is 3.46. The lowest BCUT2D eigenvalue weighted by Gasteiger charge is -2.58. The third kappa shape index (κ3) is 3.97. The number of rotatable bonds is 7. The Morgan fingerprint density at radius 3 is 2.38 bits per heavy atom. The number of nitrogens with one attached hydrogen (secondary N) is 1. The molecular weight excluding hydrogens is 370 g/mol. The standard InChI is InChI=1S/C22H31N3O4/c1-14(21(26)23-19-5-4-18(29-3)9-20(19)25(27)28)24(2)13-22-10-15-6-16(11-22)8-17(7-15)12-22/h4-5,9,14-17H,6-8,10-13H2,1-3H3,(H,23,26). The normalized spacial score (nSPS) is 31.0. The Kier molecular flexibility index (Phi) is 5.27. The number of methoxy groups -OCH3 is 1. The van der Waals surface area contributed by atoms with Crippen molar-refractivity contribution in [3.05, 3.63) is 28.3 Å². The first-order valence-corrected chi connectivity index (χ1v) is 10.6.